The zero-order chi connectivity index (χ0) is 13.8. The molecule has 3 heteroatoms. The van der Waals surface area contributed by atoms with Crippen molar-refractivity contribution in [1.29, 1.82) is 0 Å². The molecule has 0 bridgehead atoms. The Morgan fingerprint density at radius 2 is 1.60 bits per heavy atom. The van der Waals surface area contributed by atoms with Gasteiger partial charge in [-0.25, -0.2) is 4.79 Å². The third-order valence-electron chi connectivity index (χ3n) is 3.57. The quantitative estimate of drug-likeness (QED) is 0.928. The van der Waals surface area contributed by atoms with Crippen molar-refractivity contribution in [2.75, 3.05) is 0 Å². The average Bonchev–Trinajstić information content (AvgIpc) is 2.88. The molecule has 2 aromatic carbocycles. The summed E-state index contributed by atoms with van der Waals surface area (Å²) in [5, 5.41) is 2.79. The van der Waals surface area contributed by atoms with Gasteiger partial charge >= 0.3 is 6.09 Å². The van der Waals surface area contributed by atoms with Crippen LogP contribution in [0.25, 0.3) is 0 Å². The molecule has 0 fully saturated rings. The van der Waals surface area contributed by atoms with Crippen LogP contribution in [0.1, 0.15) is 16.7 Å². The zero-order valence-corrected chi connectivity index (χ0v) is 11.2. The maximum Gasteiger partial charge on any atom is 0.407 e. The molecule has 0 saturated heterocycles. The van der Waals surface area contributed by atoms with Gasteiger partial charge in [-0.15, -0.1) is 0 Å². The monoisotopic (exact) mass is 267 g/mol. The molecule has 1 amide bonds. The van der Waals surface area contributed by atoms with Crippen molar-refractivity contribution in [3.05, 3.63) is 71.3 Å². The van der Waals surface area contributed by atoms with Crippen molar-refractivity contribution < 1.29 is 9.53 Å². The van der Waals surface area contributed by atoms with Crippen LogP contribution in [-0.4, -0.2) is 12.2 Å². The molecular formula is C17H17NO2. The number of hydrogen-bond acceptors (Lipinski definition) is 2. The van der Waals surface area contributed by atoms with Gasteiger partial charge in [0.15, 0.2) is 0 Å². The van der Waals surface area contributed by atoms with E-state index >= 15 is 0 Å². The summed E-state index contributed by atoms with van der Waals surface area (Å²) in [4.78, 5) is 11.8. The molecule has 1 N–H and O–H groups in total. The lowest BCUT2D eigenvalue weighted by molar-refractivity contribution is 0.102. The molecule has 2 aromatic rings. The Bertz CT molecular complexity index is 570. The topological polar surface area (TPSA) is 38.3 Å². The van der Waals surface area contributed by atoms with Crippen LogP contribution in [0, 0.1) is 0 Å². The normalized spacial score (nSPS) is 13.8. The minimum atomic E-state index is -0.341. The van der Waals surface area contributed by atoms with Crippen molar-refractivity contribution in [2.45, 2.75) is 25.5 Å². The highest BCUT2D eigenvalue weighted by molar-refractivity contribution is 5.67. The maximum absolute atomic E-state index is 11.8. The molecule has 0 heterocycles. The molecule has 1 aliphatic carbocycles. The van der Waals surface area contributed by atoms with Crippen LogP contribution in [0.5, 0.6) is 0 Å². The number of ether oxygens (including phenoxy) is 1. The molecule has 102 valence electrons. The van der Waals surface area contributed by atoms with Crippen LogP contribution < -0.4 is 5.32 Å². The first-order chi connectivity index (χ1) is 9.81. The Balaban J connectivity index is 1.49. The van der Waals surface area contributed by atoms with Gasteiger partial charge in [-0.3, -0.25) is 0 Å². The molecule has 3 nitrogen and oxygen atoms in total. The third-order valence-corrected chi connectivity index (χ3v) is 3.57. The molecule has 0 aliphatic heterocycles. The van der Waals surface area contributed by atoms with E-state index < -0.39 is 0 Å². The molecule has 20 heavy (non-hydrogen) atoms. The van der Waals surface area contributed by atoms with Crippen LogP contribution in [0.15, 0.2) is 54.6 Å². The van der Waals surface area contributed by atoms with Crippen LogP contribution >= 0.6 is 0 Å². The Labute approximate surface area is 118 Å². The third kappa shape index (κ3) is 2.99. The summed E-state index contributed by atoms with van der Waals surface area (Å²) in [6.45, 7) is 0.499. The molecule has 0 radical (unpaired) electrons. The van der Waals surface area contributed by atoms with Gasteiger partial charge in [-0.2, -0.15) is 0 Å². The Hall–Kier alpha value is -2.29. The average molecular weight is 267 g/mol. The fraction of sp³-hybridized carbons (Fsp3) is 0.235. The molecule has 3 rings (SSSR count). The van der Waals surface area contributed by atoms with E-state index in [1.165, 1.54) is 11.1 Å². The van der Waals surface area contributed by atoms with Crippen molar-refractivity contribution >= 4 is 6.09 Å². The van der Waals surface area contributed by atoms with Gasteiger partial charge in [0.05, 0.1) is 0 Å². The second-order valence-corrected chi connectivity index (χ2v) is 5.04. The Kier molecular flexibility index (Phi) is 3.68. The van der Waals surface area contributed by atoms with Gasteiger partial charge < -0.3 is 10.1 Å². The van der Waals surface area contributed by atoms with Gasteiger partial charge in [0.2, 0.25) is 0 Å². The maximum atomic E-state index is 11.8. The van der Waals surface area contributed by atoms with Gasteiger partial charge in [-0.05, 0) is 16.7 Å². The van der Waals surface area contributed by atoms with E-state index in [-0.39, 0.29) is 12.2 Å². The van der Waals surface area contributed by atoms with E-state index in [4.69, 9.17) is 4.74 Å². The number of nitrogens with one attached hydrogen (secondary N) is 1. The second-order valence-electron chi connectivity index (χ2n) is 5.04. The lowest BCUT2D eigenvalue weighted by Crippen LogP contribution is -2.28. The summed E-state index contributed by atoms with van der Waals surface area (Å²) in [5.74, 6) is 0. The van der Waals surface area contributed by atoms with E-state index in [1.807, 2.05) is 42.5 Å². The summed E-state index contributed by atoms with van der Waals surface area (Å²) in [5.41, 5.74) is 3.64. The molecular weight excluding hydrogens is 250 g/mol. The first-order valence-corrected chi connectivity index (χ1v) is 6.86. The van der Waals surface area contributed by atoms with E-state index in [0.717, 1.165) is 18.4 Å². The highest BCUT2D eigenvalue weighted by Crippen LogP contribution is 2.23. The summed E-state index contributed by atoms with van der Waals surface area (Å²) in [6.07, 6.45) is 1.25. The first kappa shape index (κ1) is 12.7. The molecule has 0 unspecified atom stereocenters. The summed E-state index contributed by atoms with van der Waals surface area (Å²) >= 11 is 0. The summed E-state index contributed by atoms with van der Waals surface area (Å²) in [7, 11) is 0. The minimum absolute atomic E-state index is 0.0387. The lowest BCUT2D eigenvalue weighted by Gasteiger charge is -2.12. The van der Waals surface area contributed by atoms with Crippen LogP contribution in [-0.2, 0) is 24.1 Å². The number of fused-ring (bicyclic) bond motifs is 1. The standard InChI is InChI=1S/C17H17NO2/c19-17(18-12-13-6-2-1-3-7-13)20-16-10-14-8-4-5-9-15(14)11-16/h1-9,16H,10-12H2,(H,18,19). The van der Waals surface area contributed by atoms with Crippen LogP contribution in [0.3, 0.4) is 0 Å². The molecule has 1 aliphatic rings. The lowest BCUT2D eigenvalue weighted by atomic mass is 10.1. The predicted molar refractivity (Wildman–Crippen MR) is 77.4 cm³/mol. The smallest absolute Gasteiger partial charge is 0.407 e. The number of alkyl carbamates (subject to hydrolysis) is 1. The number of carbonyl (C=O) groups excluding carboxylic acids is 1. The SMILES string of the molecule is O=C(NCc1ccccc1)OC1Cc2ccccc2C1. The predicted octanol–water partition coefficient (Wildman–Crippen LogP) is 3.08. The van der Waals surface area contributed by atoms with Crippen LogP contribution in [0.2, 0.25) is 0 Å². The number of rotatable bonds is 3. The number of hydrogen-bond donors (Lipinski definition) is 1. The Morgan fingerprint density at radius 1 is 1.00 bits per heavy atom. The van der Waals surface area contributed by atoms with Crippen molar-refractivity contribution in [1.82, 2.24) is 5.32 Å². The van der Waals surface area contributed by atoms with E-state index in [2.05, 4.69) is 17.4 Å². The van der Waals surface area contributed by atoms with Gasteiger partial charge in [0, 0.05) is 19.4 Å². The van der Waals surface area contributed by atoms with E-state index in [1.54, 1.807) is 0 Å². The highest BCUT2D eigenvalue weighted by atomic mass is 16.6. The van der Waals surface area contributed by atoms with E-state index in [0.29, 0.717) is 6.54 Å². The first-order valence-electron chi connectivity index (χ1n) is 6.86. The summed E-state index contributed by atoms with van der Waals surface area (Å²) < 4.78 is 5.47. The Morgan fingerprint density at radius 3 is 2.25 bits per heavy atom. The summed E-state index contributed by atoms with van der Waals surface area (Å²) in [6, 6.07) is 18.1. The van der Waals surface area contributed by atoms with Crippen molar-refractivity contribution in [3.8, 4) is 0 Å². The van der Waals surface area contributed by atoms with Crippen molar-refractivity contribution in [3.63, 3.8) is 0 Å². The number of carbonyl (C=O) groups is 1. The largest absolute Gasteiger partial charge is 0.446 e. The molecule has 0 aromatic heterocycles. The van der Waals surface area contributed by atoms with Crippen molar-refractivity contribution in [2.24, 2.45) is 0 Å². The van der Waals surface area contributed by atoms with Gasteiger partial charge in [-0.1, -0.05) is 54.6 Å². The number of amides is 1. The second kappa shape index (κ2) is 5.78. The number of benzene rings is 2. The minimum Gasteiger partial charge on any atom is -0.446 e. The fourth-order valence-corrected chi connectivity index (χ4v) is 2.56. The van der Waals surface area contributed by atoms with E-state index in [9.17, 15) is 4.79 Å². The molecule has 0 saturated carbocycles. The molecule has 0 spiro atoms. The zero-order valence-electron chi connectivity index (χ0n) is 11.2. The van der Waals surface area contributed by atoms with Gasteiger partial charge in [0.1, 0.15) is 6.10 Å². The fourth-order valence-electron chi connectivity index (χ4n) is 2.56. The highest BCUT2D eigenvalue weighted by Gasteiger charge is 2.23. The molecule has 0 atom stereocenters. The van der Waals surface area contributed by atoms with Crippen LogP contribution in [0.4, 0.5) is 4.79 Å². The van der Waals surface area contributed by atoms with Gasteiger partial charge in [0.25, 0.3) is 0 Å².